The molecule has 0 unspecified atom stereocenters. The first-order valence-electron chi connectivity index (χ1n) is 8.38. The normalized spacial score (nSPS) is 13.8. The van der Waals surface area contributed by atoms with Crippen molar-refractivity contribution in [2.45, 2.75) is 12.2 Å². The minimum atomic E-state index is -3.71. The number of hydrogen-bond donors (Lipinski definition) is 1. The lowest BCUT2D eigenvalue weighted by Crippen LogP contribution is -2.16. The van der Waals surface area contributed by atoms with Crippen molar-refractivity contribution in [2.75, 3.05) is 18.6 Å². The van der Waals surface area contributed by atoms with Gasteiger partial charge in [-0.25, -0.2) is 17.9 Å². The summed E-state index contributed by atoms with van der Waals surface area (Å²) in [6, 6.07) is 10.4. The third-order valence-corrected chi connectivity index (χ3v) is 5.40. The number of nitrogens with two attached hydrogens (primary N) is 1. The standard InChI is InChI=1S/C19H18FN3O3S/c1-26-14-2-3-15-17(10-14)22-6-4-18(15)23-7-5-13-8-12(11-27(21,24)25)9-16(20)19(13)23/h2-4,6,8-10H,5,7,11H2,1H3,(H2,21,24,25). The minimum absolute atomic E-state index is 0.361. The van der Waals surface area contributed by atoms with Gasteiger partial charge in [-0.05, 0) is 41.8 Å². The highest BCUT2D eigenvalue weighted by Crippen LogP contribution is 2.40. The van der Waals surface area contributed by atoms with Crippen LogP contribution in [0, 0.1) is 5.82 Å². The van der Waals surface area contributed by atoms with E-state index in [0.29, 0.717) is 30.0 Å². The Kier molecular flexibility index (Phi) is 4.24. The molecule has 8 heteroatoms. The van der Waals surface area contributed by atoms with Crippen molar-refractivity contribution in [1.29, 1.82) is 0 Å². The zero-order valence-corrected chi connectivity index (χ0v) is 15.5. The molecule has 0 spiro atoms. The Hall–Kier alpha value is -2.71. The van der Waals surface area contributed by atoms with Crippen LogP contribution in [0.4, 0.5) is 15.8 Å². The third kappa shape index (κ3) is 3.33. The Balaban J connectivity index is 1.80. The summed E-state index contributed by atoms with van der Waals surface area (Å²) in [4.78, 5) is 6.28. The van der Waals surface area contributed by atoms with Crippen molar-refractivity contribution in [3.05, 3.63) is 59.5 Å². The largest absolute Gasteiger partial charge is 0.497 e. The summed E-state index contributed by atoms with van der Waals surface area (Å²) in [5.41, 5.74) is 3.20. The average Bonchev–Trinajstić information content (AvgIpc) is 3.03. The Labute approximate surface area is 156 Å². The van der Waals surface area contributed by atoms with Gasteiger partial charge in [0, 0.05) is 24.2 Å². The fourth-order valence-electron chi connectivity index (χ4n) is 3.59. The molecule has 4 rings (SSSR count). The molecule has 0 aliphatic carbocycles. The Morgan fingerprint density at radius 1 is 1.26 bits per heavy atom. The smallest absolute Gasteiger partial charge is 0.213 e. The molecule has 0 bridgehead atoms. The first kappa shape index (κ1) is 17.7. The van der Waals surface area contributed by atoms with Crippen LogP contribution in [-0.4, -0.2) is 27.1 Å². The number of benzene rings is 2. The number of sulfonamides is 1. The van der Waals surface area contributed by atoms with E-state index in [1.54, 1.807) is 19.4 Å². The number of pyridine rings is 1. The molecule has 3 aromatic rings. The van der Waals surface area contributed by atoms with Crippen LogP contribution in [0.15, 0.2) is 42.6 Å². The molecule has 0 radical (unpaired) electrons. The lowest BCUT2D eigenvalue weighted by molar-refractivity contribution is 0.415. The molecule has 1 aliphatic heterocycles. The van der Waals surface area contributed by atoms with Gasteiger partial charge in [-0.1, -0.05) is 6.07 Å². The number of rotatable bonds is 4. The van der Waals surface area contributed by atoms with E-state index >= 15 is 0 Å². The molecule has 2 aromatic carbocycles. The summed E-state index contributed by atoms with van der Waals surface area (Å²) in [6.45, 7) is 0.593. The van der Waals surface area contributed by atoms with Crippen molar-refractivity contribution in [3.63, 3.8) is 0 Å². The number of primary sulfonamides is 1. The highest BCUT2D eigenvalue weighted by Gasteiger charge is 2.26. The van der Waals surface area contributed by atoms with Crippen LogP contribution >= 0.6 is 0 Å². The van der Waals surface area contributed by atoms with Crippen LogP contribution in [0.3, 0.4) is 0 Å². The van der Waals surface area contributed by atoms with Gasteiger partial charge in [-0.3, -0.25) is 4.98 Å². The second-order valence-corrected chi connectivity index (χ2v) is 8.12. The van der Waals surface area contributed by atoms with Gasteiger partial charge in [0.05, 0.1) is 29.8 Å². The number of hydrogen-bond acceptors (Lipinski definition) is 5. The number of halogens is 1. The van der Waals surface area contributed by atoms with Crippen LogP contribution in [0.2, 0.25) is 0 Å². The van der Waals surface area contributed by atoms with Crippen LogP contribution in [-0.2, 0) is 22.2 Å². The molecule has 0 atom stereocenters. The number of aromatic nitrogens is 1. The number of methoxy groups -OCH3 is 1. The minimum Gasteiger partial charge on any atom is -0.497 e. The van der Waals surface area contributed by atoms with Gasteiger partial charge in [0.2, 0.25) is 10.0 Å². The average molecular weight is 387 g/mol. The van der Waals surface area contributed by atoms with E-state index in [4.69, 9.17) is 9.88 Å². The van der Waals surface area contributed by atoms with Gasteiger partial charge in [-0.2, -0.15) is 0 Å². The SMILES string of the molecule is COc1ccc2c(N3CCc4cc(CS(N)(=O)=O)cc(F)c43)ccnc2c1. The van der Waals surface area contributed by atoms with E-state index in [-0.39, 0.29) is 5.75 Å². The second kappa shape index (κ2) is 6.47. The molecule has 2 N–H and O–H groups in total. The Morgan fingerprint density at radius 2 is 2.07 bits per heavy atom. The number of anilines is 2. The molecule has 140 valence electrons. The molecule has 6 nitrogen and oxygen atoms in total. The zero-order valence-electron chi connectivity index (χ0n) is 14.6. The molecule has 0 saturated carbocycles. The van der Waals surface area contributed by atoms with E-state index in [0.717, 1.165) is 22.2 Å². The zero-order chi connectivity index (χ0) is 19.2. The third-order valence-electron chi connectivity index (χ3n) is 4.66. The fourth-order valence-corrected chi connectivity index (χ4v) is 4.22. The Bertz CT molecular complexity index is 1150. The van der Waals surface area contributed by atoms with Crippen molar-refractivity contribution < 1.29 is 17.5 Å². The quantitative estimate of drug-likeness (QED) is 0.744. The molecule has 0 amide bonds. The molecule has 27 heavy (non-hydrogen) atoms. The maximum Gasteiger partial charge on any atom is 0.213 e. The lowest BCUT2D eigenvalue weighted by atomic mass is 10.1. The summed E-state index contributed by atoms with van der Waals surface area (Å²) in [6.07, 6.45) is 2.30. The maximum absolute atomic E-state index is 14.9. The molecule has 2 heterocycles. The van der Waals surface area contributed by atoms with E-state index in [1.807, 2.05) is 29.2 Å². The van der Waals surface area contributed by atoms with E-state index < -0.39 is 15.8 Å². The van der Waals surface area contributed by atoms with Crippen LogP contribution < -0.4 is 14.8 Å². The first-order chi connectivity index (χ1) is 12.9. The summed E-state index contributed by atoms with van der Waals surface area (Å²) in [7, 11) is -2.12. The topological polar surface area (TPSA) is 85.5 Å². The fraction of sp³-hybridized carbons (Fsp3) is 0.211. The summed E-state index contributed by atoms with van der Waals surface area (Å²) in [5.74, 6) is -0.134. The first-order valence-corrected chi connectivity index (χ1v) is 10.1. The van der Waals surface area contributed by atoms with Crippen molar-refractivity contribution in [3.8, 4) is 5.75 Å². The molecular formula is C19H18FN3O3S. The van der Waals surface area contributed by atoms with Gasteiger partial charge >= 0.3 is 0 Å². The summed E-state index contributed by atoms with van der Waals surface area (Å²) in [5, 5.41) is 5.98. The molecular weight excluding hydrogens is 369 g/mol. The monoisotopic (exact) mass is 387 g/mol. The predicted octanol–water partition coefficient (Wildman–Crippen LogP) is 2.87. The number of fused-ring (bicyclic) bond motifs is 2. The van der Waals surface area contributed by atoms with Gasteiger partial charge in [-0.15, -0.1) is 0 Å². The highest BCUT2D eigenvalue weighted by molar-refractivity contribution is 7.88. The molecule has 0 fully saturated rings. The molecule has 1 aromatic heterocycles. The lowest BCUT2D eigenvalue weighted by Gasteiger charge is -2.22. The maximum atomic E-state index is 14.9. The number of ether oxygens (including phenoxy) is 1. The van der Waals surface area contributed by atoms with Crippen LogP contribution in [0.1, 0.15) is 11.1 Å². The summed E-state index contributed by atoms with van der Waals surface area (Å²) < 4.78 is 42.8. The van der Waals surface area contributed by atoms with Crippen molar-refractivity contribution >= 4 is 32.3 Å². The van der Waals surface area contributed by atoms with Gasteiger partial charge in [0.25, 0.3) is 0 Å². The Morgan fingerprint density at radius 3 is 2.81 bits per heavy atom. The van der Waals surface area contributed by atoms with Gasteiger partial charge in [0.1, 0.15) is 11.6 Å². The van der Waals surface area contributed by atoms with Gasteiger partial charge in [0.15, 0.2) is 0 Å². The van der Waals surface area contributed by atoms with E-state index in [9.17, 15) is 12.8 Å². The van der Waals surface area contributed by atoms with Crippen LogP contribution in [0.25, 0.3) is 10.9 Å². The van der Waals surface area contributed by atoms with Crippen LogP contribution in [0.5, 0.6) is 5.75 Å². The predicted molar refractivity (Wildman–Crippen MR) is 102 cm³/mol. The van der Waals surface area contributed by atoms with Gasteiger partial charge < -0.3 is 9.64 Å². The molecule has 1 aliphatic rings. The number of nitrogens with zero attached hydrogens (tertiary/aromatic N) is 2. The summed E-state index contributed by atoms with van der Waals surface area (Å²) >= 11 is 0. The second-order valence-electron chi connectivity index (χ2n) is 6.51. The van der Waals surface area contributed by atoms with Crippen molar-refractivity contribution in [2.24, 2.45) is 5.14 Å². The molecule has 0 saturated heterocycles. The highest BCUT2D eigenvalue weighted by atomic mass is 32.2. The van der Waals surface area contributed by atoms with E-state index in [2.05, 4.69) is 4.98 Å². The van der Waals surface area contributed by atoms with E-state index in [1.165, 1.54) is 6.07 Å². The van der Waals surface area contributed by atoms with Crippen molar-refractivity contribution in [1.82, 2.24) is 4.98 Å².